The van der Waals surface area contributed by atoms with Crippen LogP contribution >= 0.6 is 0 Å². The lowest BCUT2D eigenvalue weighted by Crippen LogP contribution is -2.49. The van der Waals surface area contributed by atoms with Crippen LogP contribution in [0.3, 0.4) is 0 Å². The fourth-order valence-corrected chi connectivity index (χ4v) is 2.74. The van der Waals surface area contributed by atoms with Crippen molar-refractivity contribution < 1.29 is 17.9 Å². The molecular formula is C8H14N2O4S. The van der Waals surface area contributed by atoms with E-state index < -0.39 is 22.0 Å². The Morgan fingerprint density at radius 2 is 2.13 bits per heavy atom. The zero-order chi connectivity index (χ0) is 10.9. The number of ether oxygens (including phenoxy) is 1. The molecule has 0 radical (unpaired) electrons. The Hall–Kier alpha value is -0.660. The Kier molecular flexibility index (Phi) is 2.94. The zero-order valence-electron chi connectivity index (χ0n) is 8.23. The number of amides is 1. The third kappa shape index (κ3) is 2.67. The van der Waals surface area contributed by atoms with Crippen LogP contribution < -0.4 is 10.0 Å². The number of carbonyl (C=O) groups excluding carboxylic acids is 1. The Bertz CT molecular complexity index is 344. The molecule has 1 heterocycles. The number of nitrogens with one attached hydrogen (secondary N) is 2. The van der Waals surface area contributed by atoms with Crippen molar-refractivity contribution in [3.63, 3.8) is 0 Å². The fraction of sp³-hybridized carbons (Fsp3) is 0.875. The van der Waals surface area contributed by atoms with E-state index in [1.807, 2.05) is 0 Å². The van der Waals surface area contributed by atoms with Gasteiger partial charge in [0.15, 0.2) is 0 Å². The molecule has 2 N–H and O–H groups in total. The maximum atomic E-state index is 11.5. The molecule has 15 heavy (non-hydrogen) atoms. The molecule has 0 bridgehead atoms. The van der Waals surface area contributed by atoms with Crippen LogP contribution in [-0.4, -0.2) is 45.4 Å². The van der Waals surface area contributed by atoms with Crippen molar-refractivity contribution in [2.45, 2.75) is 24.2 Å². The monoisotopic (exact) mass is 234 g/mol. The van der Waals surface area contributed by atoms with Gasteiger partial charge in [0.25, 0.3) is 5.91 Å². The molecule has 1 aliphatic carbocycles. The van der Waals surface area contributed by atoms with Crippen LogP contribution in [0.4, 0.5) is 0 Å². The lowest BCUT2D eigenvalue weighted by Gasteiger charge is -2.22. The van der Waals surface area contributed by atoms with E-state index in [0.717, 1.165) is 0 Å². The van der Waals surface area contributed by atoms with Crippen molar-refractivity contribution in [1.82, 2.24) is 10.0 Å². The Balaban J connectivity index is 1.90. The normalized spacial score (nSPS) is 27.3. The second kappa shape index (κ2) is 4.07. The number of morpholine rings is 1. The minimum Gasteiger partial charge on any atom is -0.366 e. The molecule has 1 aliphatic heterocycles. The molecule has 1 saturated heterocycles. The highest BCUT2D eigenvalue weighted by Gasteiger charge is 2.38. The van der Waals surface area contributed by atoms with Crippen molar-refractivity contribution in [2.75, 3.05) is 19.7 Å². The minimum atomic E-state index is -3.44. The summed E-state index contributed by atoms with van der Waals surface area (Å²) in [6.07, 6.45) is 0.603. The largest absolute Gasteiger partial charge is 0.366 e. The second-order valence-corrected chi connectivity index (χ2v) is 5.74. The smallest absolute Gasteiger partial charge is 0.263 e. The minimum absolute atomic E-state index is 0.367. The second-order valence-electron chi connectivity index (χ2n) is 3.77. The Labute approximate surface area is 88.4 Å². The van der Waals surface area contributed by atoms with Gasteiger partial charge in [-0.15, -0.1) is 0 Å². The summed E-state index contributed by atoms with van der Waals surface area (Å²) < 4.78 is 30.1. The Morgan fingerprint density at radius 3 is 2.67 bits per heavy atom. The molecular weight excluding hydrogens is 220 g/mol. The standard InChI is InChI=1S/C8H14N2O4S/c11-8(7-5-9-3-4-14-7)10-15(12,13)6-1-2-6/h6-7,9H,1-5H2,(H,10,11). The van der Waals surface area contributed by atoms with Gasteiger partial charge in [0.05, 0.1) is 11.9 Å². The van der Waals surface area contributed by atoms with Crippen molar-refractivity contribution >= 4 is 15.9 Å². The van der Waals surface area contributed by atoms with Gasteiger partial charge in [-0.3, -0.25) is 9.52 Å². The number of carbonyl (C=O) groups is 1. The molecule has 86 valence electrons. The van der Waals surface area contributed by atoms with Crippen LogP contribution in [-0.2, 0) is 19.6 Å². The van der Waals surface area contributed by atoms with Gasteiger partial charge in [0.2, 0.25) is 10.0 Å². The number of rotatable bonds is 3. The number of hydrogen-bond donors (Lipinski definition) is 2. The predicted octanol–water partition coefficient (Wildman–Crippen LogP) is -1.42. The maximum absolute atomic E-state index is 11.5. The summed E-state index contributed by atoms with van der Waals surface area (Å²) in [5.41, 5.74) is 0. The molecule has 0 aromatic carbocycles. The maximum Gasteiger partial charge on any atom is 0.263 e. The topological polar surface area (TPSA) is 84.5 Å². The predicted molar refractivity (Wildman–Crippen MR) is 52.7 cm³/mol. The molecule has 1 atom stereocenters. The quantitative estimate of drug-likeness (QED) is 0.626. The average molecular weight is 234 g/mol. The Morgan fingerprint density at radius 1 is 1.40 bits per heavy atom. The zero-order valence-corrected chi connectivity index (χ0v) is 9.05. The van der Waals surface area contributed by atoms with Crippen LogP contribution in [0, 0.1) is 0 Å². The molecule has 2 rings (SSSR count). The van der Waals surface area contributed by atoms with E-state index in [1.165, 1.54) is 0 Å². The molecule has 7 heteroatoms. The number of hydrogen-bond acceptors (Lipinski definition) is 5. The van der Waals surface area contributed by atoms with Gasteiger partial charge in [-0.1, -0.05) is 0 Å². The van der Waals surface area contributed by atoms with Crippen LogP contribution in [0.1, 0.15) is 12.8 Å². The highest BCUT2D eigenvalue weighted by molar-refractivity contribution is 7.90. The van der Waals surface area contributed by atoms with Crippen LogP contribution in [0.15, 0.2) is 0 Å². The molecule has 2 aliphatic rings. The molecule has 1 saturated carbocycles. The van der Waals surface area contributed by atoms with Gasteiger partial charge in [-0.25, -0.2) is 8.42 Å². The average Bonchev–Trinajstić information content (AvgIpc) is 3.01. The van der Waals surface area contributed by atoms with E-state index in [-0.39, 0.29) is 5.25 Å². The van der Waals surface area contributed by atoms with E-state index in [4.69, 9.17) is 4.74 Å². The molecule has 1 unspecified atom stereocenters. The molecule has 0 aromatic heterocycles. The van der Waals surface area contributed by atoms with E-state index >= 15 is 0 Å². The fourth-order valence-electron chi connectivity index (χ4n) is 1.40. The SMILES string of the molecule is O=C(NS(=O)(=O)C1CC1)C1CNCCO1. The summed E-state index contributed by atoms with van der Waals surface area (Å²) >= 11 is 0. The molecule has 0 aromatic rings. The summed E-state index contributed by atoms with van der Waals surface area (Å²) in [5, 5.41) is 2.59. The van der Waals surface area contributed by atoms with Crippen molar-refractivity contribution in [3.8, 4) is 0 Å². The van der Waals surface area contributed by atoms with E-state index in [1.54, 1.807) is 0 Å². The summed E-state index contributed by atoms with van der Waals surface area (Å²) in [6, 6.07) is 0. The van der Waals surface area contributed by atoms with E-state index in [2.05, 4.69) is 10.0 Å². The van der Waals surface area contributed by atoms with E-state index in [9.17, 15) is 13.2 Å². The van der Waals surface area contributed by atoms with Gasteiger partial charge in [0, 0.05) is 13.1 Å². The third-order valence-electron chi connectivity index (χ3n) is 2.43. The van der Waals surface area contributed by atoms with Gasteiger partial charge in [0.1, 0.15) is 6.10 Å². The lowest BCUT2D eigenvalue weighted by molar-refractivity contribution is -0.132. The first-order valence-electron chi connectivity index (χ1n) is 4.97. The van der Waals surface area contributed by atoms with Crippen molar-refractivity contribution in [3.05, 3.63) is 0 Å². The highest BCUT2D eigenvalue weighted by Crippen LogP contribution is 2.27. The highest BCUT2D eigenvalue weighted by atomic mass is 32.2. The summed E-state index contributed by atoms with van der Waals surface area (Å²) in [5.74, 6) is -0.561. The van der Waals surface area contributed by atoms with Crippen LogP contribution in [0.25, 0.3) is 0 Å². The number of sulfonamides is 1. The lowest BCUT2D eigenvalue weighted by atomic mass is 10.3. The summed E-state index contributed by atoms with van der Waals surface area (Å²) in [7, 11) is -3.44. The van der Waals surface area contributed by atoms with Crippen LogP contribution in [0.2, 0.25) is 0 Å². The van der Waals surface area contributed by atoms with Crippen LogP contribution in [0.5, 0.6) is 0 Å². The van der Waals surface area contributed by atoms with Gasteiger partial charge >= 0.3 is 0 Å². The van der Waals surface area contributed by atoms with Gasteiger partial charge in [-0.05, 0) is 12.8 Å². The third-order valence-corrected chi connectivity index (χ3v) is 4.26. The summed E-state index contributed by atoms with van der Waals surface area (Å²) in [4.78, 5) is 11.5. The summed E-state index contributed by atoms with van der Waals surface area (Å²) in [6.45, 7) is 1.49. The van der Waals surface area contributed by atoms with Gasteiger partial charge in [-0.2, -0.15) is 0 Å². The first-order valence-corrected chi connectivity index (χ1v) is 6.52. The molecule has 0 spiro atoms. The molecule has 6 nitrogen and oxygen atoms in total. The van der Waals surface area contributed by atoms with E-state index in [0.29, 0.717) is 32.5 Å². The van der Waals surface area contributed by atoms with Gasteiger partial charge < -0.3 is 10.1 Å². The molecule has 2 fully saturated rings. The first kappa shape index (κ1) is 10.8. The first-order chi connectivity index (χ1) is 7.09. The van der Waals surface area contributed by atoms with Crippen molar-refractivity contribution in [1.29, 1.82) is 0 Å². The van der Waals surface area contributed by atoms with Crippen molar-refractivity contribution in [2.24, 2.45) is 0 Å². The molecule has 1 amide bonds.